The number of imidazole rings is 1. The Hall–Kier alpha value is -1.65. The summed E-state index contributed by atoms with van der Waals surface area (Å²) in [7, 11) is 2.02. The molecule has 0 saturated heterocycles. The van der Waals surface area contributed by atoms with E-state index < -0.39 is 0 Å². The van der Waals surface area contributed by atoms with E-state index in [1.54, 1.807) is 0 Å². The normalized spacial score (nSPS) is 9.38. The van der Waals surface area contributed by atoms with E-state index in [1.807, 2.05) is 24.7 Å². The lowest BCUT2D eigenvalue weighted by Gasteiger charge is -1.84. The van der Waals surface area contributed by atoms with E-state index in [0.717, 1.165) is 6.54 Å². The van der Waals surface area contributed by atoms with Gasteiger partial charge in [-0.15, -0.1) is 0 Å². The van der Waals surface area contributed by atoms with Crippen molar-refractivity contribution in [1.82, 2.24) is 10.4 Å². The first-order chi connectivity index (χ1) is 6.24. The van der Waals surface area contributed by atoms with Crippen LogP contribution in [0, 0.1) is 0 Å². The molecule has 1 heterocycles. The average molecular weight is 179 g/mol. The smallest absolute Gasteiger partial charge is 0.243 e. The van der Waals surface area contributed by atoms with Crippen molar-refractivity contribution in [2.24, 2.45) is 12.3 Å². The maximum atomic E-state index is 6.75. The van der Waals surface area contributed by atoms with Crippen molar-refractivity contribution in [3.8, 4) is 0 Å². The molecule has 0 amide bonds. The summed E-state index contributed by atoms with van der Waals surface area (Å²) < 4.78 is 4.16. The molecular weight excluding hydrogens is 166 g/mol. The lowest BCUT2D eigenvalue weighted by Crippen LogP contribution is -2.23. The van der Waals surface area contributed by atoms with E-state index in [2.05, 4.69) is 29.2 Å². The third-order valence-electron chi connectivity index (χ3n) is 1.38. The highest BCUT2D eigenvalue weighted by Crippen LogP contribution is 1.83. The Bertz CT molecular complexity index is 263. The van der Waals surface area contributed by atoms with Crippen LogP contribution in [0.5, 0.6) is 0 Å². The van der Waals surface area contributed by atoms with Crippen LogP contribution in [-0.4, -0.2) is 4.57 Å². The van der Waals surface area contributed by atoms with Crippen LogP contribution in [0.2, 0.25) is 0 Å². The highest BCUT2D eigenvalue weighted by Gasteiger charge is 1.94. The Balaban J connectivity index is 0.000000424. The molecule has 0 aromatic carbocycles. The summed E-state index contributed by atoms with van der Waals surface area (Å²) in [6.07, 6.45) is 10.3. The fraction of sp³-hybridized carbons (Fsp3) is 0.375. The molecule has 70 valence electrons. The van der Waals surface area contributed by atoms with Crippen molar-refractivity contribution in [3.63, 3.8) is 0 Å². The van der Waals surface area contributed by atoms with Gasteiger partial charge in [-0.3, -0.25) is 5.22 Å². The minimum atomic E-state index is 0.970. The summed E-state index contributed by atoms with van der Waals surface area (Å²) in [6.45, 7) is 3.00. The third-order valence-corrected chi connectivity index (χ3v) is 1.38. The summed E-state index contributed by atoms with van der Waals surface area (Å²) in [6, 6.07) is 0. The number of aromatic nitrogens is 2. The second-order valence-electron chi connectivity index (χ2n) is 2.43. The van der Waals surface area contributed by atoms with Gasteiger partial charge in [-0.25, -0.2) is 9.13 Å². The van der Waals surface area contributed by atoms with E-state index in [9.17, 15) is 0 Å². The second-order valence-corrected chi connectivity index (χ2v) is 2.43. The van der Waals surface area contributed by atoms with Crippen molar-refractivity contribution >= 4 is 0 Å². The monoisotopic (exact) mass is 179 g/mol. The van der Waals surface area contributed by atoms with E-state index in [0.29, 0.717) is 0 Å². The van der Waals surface area contributed by atoms with Gasteiger partial charge in [-0.05, 0) is 13.0 Å². The van der Waals surface area contributed by atoms with Crippen LogP contribution < -0.4 is 10.4 Å². The summed E-state index contributed by atoms with van der Waals surface area (Å²) >= 11 is 0. The molecule has 13 heavy (non-hydrogen) atoms. The van der Waals surface area contributed by atoms with E-state index in [1.165, 1.54) is 5.22 Å². The predicted molar refractivity (Wildman–Crippen MR) is 48.3 cm³/mol. The Labute approximate surface area is 78.0 Å². The highest BCUT2D eigenvalue weighted by molar-refractivity contribution is 4.79. The first-order valence-corrected chi connectivity index (χ1v) is 3.85. The molecule has 0 aliphatic rings. The first-order valence-electron chi connectivity index (χ1n) is 3.85. The van der Waals surface area contributed by atoms with Crippen molar-refractivity contribution in [2.75, 3.05) is 0 Å². The van der Waals surface area contributed by atoms with Crippen molar-refractivity contribution in [1.29, 1.82) is 0 Å². The van der Waals surface area contributed by atoms with Gasteiger partial charge in [-0.2, -0.15) is 0 Å². The number of aryl methyl sites for hydroxylation is 1. The molecule has 2 radical (unpaired) electrons. The van der Waals surface area contributed by atoms with Gasteiger partial charge in [0, 0.05) is 0 Å². The van der Waals surface area contributed by atoms with Gasteiger partial charge in [-0.1, -0.05) is 6.08 Å². The summed E-state index contributed by atoms with van der Waals surface area (Å²) in [4.78, 5) is 0. The van der Waals surface area contributed by atoms with Crippen molar-refractivity contribution in [3.05, 3.63) is 36.4 Å². The lowest BCUT2D eigenvalue weighted by atomic mass is 10.5. The molecular formula is C8H13N5. The van der Waals surface area contributed by atoms with Crippen LogP contribution in [0.1, 0.15) is 6.92 Å². The van der Waals surface area contributed by atoms with Crippen LogP contribution in [0.3, 0.4) is 0 Å². The number of hydrogen-bond acceptors (Lipinski definition) is 1. The van der Waals surface area contributed by atoms with E-state index in [-0.39, 0.29) is 0 Å². The molecule has 0 spiro atoms. The fourth-order valence-corrected chi connectivity index (χ4v) is 0.837. The number of rotatable bonds is 2. The Morgan fingerprint density at radius 3 is 2.69 bits per heavy atom. The largest absolute Gasteiger partial charge is 0.362 e. The number of nitrogens with zero attached hydrogens (tertiary/aromatic N) is 5. The van der Waals surface area contributed by atoms with Crippen LogP contribution in [0.4, 0.5) is 0 Å². The minimum Gasteiger partial charge on any atom is -0.362 e. The maximum Gasteiger partial charge on any atom is 0.243 e. The average Bonchev–Trinajstić information content (AvgIpc) is 2.49. The fourth-order valence-electron chi connectivity index (χ4n) is 0.837. The summed E-state index contributed by atoms with van der Waals surface area (Å²) in [5, 5.41) is 1.50. The molecule has 0 saturated carbocycles. The molecule has 1 aromatic heterocycles. The van der Waals surface area contributed by atoms with Gasteiger partial charge in [0.05, 0.1) is 7.05 Å². The summed E-state index contributed by atoms with van der Waals surface area (Å²) in [5.74, 6) is 6.75. The lowest BCUT2D eigenvalue weighted by molar-refractivity contribution is -0.671. The van der Waals surface area contributed by atoms with Gasteiger partial charge in [0.15, 0.2) is 0 Å². The quantitative estimate of drug-likeness (QED) is 0.280. The molecule has 1 rings (SSSR count). The molecule has 0 aliphatic carbocycles. The van der Waals surface area contributed by atoms with Crippen LogP contribution in [-0.2, 0) is 13.6 Å². The highest BCUT2D eigenvalue weighted by atomic mass is 15.2. The standard InChI is InChI=1S/C8H13N2.N3/c1-3-4-5-10-7-6-9(2)8-10;1-3-2/h3-4,6-8H,5H2,1-2H3;/q+1;-1. The maximum absolute atomic E-state index is 6.75. The molecule has 5 heteroatoms. The van der Waals surface area contributed by atoms with Gasteiger partial charge in [0.1, 0.15) is 18.9 Å². The van der Waals surface area contributed by atoms with Crippen LogP contribution in [0.15, 0.2) is 36.1 Å². The van der Waals surface area contributed by atoms with E-state index >= 15 is 0 Å². The van der Waals surface area contributed by atoms with Crippen molar-refractivity contribution in [2.45, 2.75) is 13.5 Å². The molecule has 0 bridgehead atoms. The number of allylic oxidation sites excluding steroid dienone is 2. The van der Waals surface area contributed by atoms with Gasteiger partial charge in [0.25, 0.3) is 0 Å². The molecule has 0 aliphatic heterocycles. The molecule has 0 atom stereocenters. The van der Waals surface area contributed by atoms with Crippen LogP contribution >= 0.6 is 0 Å². The topological polar surface area (TPSA) is 65.8 Å². The molecule has 1 aromatic rings. The third kappa shape index (κ3) is 5.60. The van der Waals surface area contributed by atoms with E-state index in [4.69, 9.17) is 11.4 Å². The Kier molecular flexibility index (Phi) is 6.13. The van der Waals surface area contributed by atoms with Crippen LogP contribution in [0.25, 0.3) is 5.53 Å². The first kappa shape index (κ1) is 11.4. The molecule has 0 N–H and O–H groups in total. The zero-order valence-electron chi connectivity index (χ0n) is 7.83. The second kappa shape index (κ2) is 7.02. The van der Waals surface area contributed by atoms with Gasteiger partial charge >= 0.3 is 0 Å². The predicted octanol–water partition coefficient (Wildman–Crippen LogP) is 0.880. The SMILES string of the molecule is CC=CCn1cc[n+](C)c1.[N]N=[N-]. The summed E-state index contributed by atoms with van der Waals surface area (Å²) in [5.41, 5.74) is 6.75. The minimum absolute atomic E-state index is 0.970. The van der Waals surface area contributed by atoms with Crippen molar-refractivity contribution < 1.29 is 4.57 Å². The Morgan fingerprint density at radius 2 is 2.31 bits per heavy atom. The zero-order valence-corrected chi connectivity index (χ0v) is 7.83. The number of hydrogen-bond donors (Lipinski definition) is 0. The molecule has 0 unspecified atom stereocenters. The molecule has 0 fully saturated rings. The zero-order chi connectivity index (χ0) is 10.1. The Morgan fingerprint density at radius 1 is 1.69 bits per heavy atom. The van der Waals surface area contributed by atoms with Gasteiger partial charge in [0.2, 0.25) is 6.33 Å². The van der Waals surface area contributed by atoms with Gasteiger partial charge < -0.3 is 11.4 Å². The molecule has 5 nitrogen and oxygen atoms in total.